The van der Waals surface area contributed by atoms with Crippen molar-refractivity contribution in [3.8, 4) is 0 Å². The van der Waals surface area contributed by atoms with Gasteiger partial charge in [-0.1, -0.05) is 31.2 Å². The van der Waals surface area contributed by atoms with Crippen molar-refractivity contribution in [2.75, 3.05) is 6.26 Å². The molecule has 1 atom stereocenters. The Morgan fingerprint density at radius 2 is 1.93 bits per heavy atom. The Balaban J connectivity index is 2.59. The highest BCUT2D eigenvalue weighted by molar-refractivity contribution is 7.98. The van der Waals surface area contributed by atoms with E-state index in [1.807, 2.05) is 0 Å². The van der Waals surface area contributed by atoms with Crippen LogP contribution >= 0.6 is 11.8 Å². The summed E-state index contributed by atoms with van der Waals surface area (Å²) < 4.78 is 0. The lowest BCUT2D eigenvalue weighted by atomic mass is 10.0. The molecule has 0 radical (unpaired) electrons. The van der Waals surface area contributed by atoms with Crippen LogP contribution in [-0.2, 0) is 6.42 Å². The van der Waals surface area contributed by atoms with Gasteiger partial charge in [-0.05, 0) is 43.2 Å². The topological polar surface area (TPSA) is 0 Å². The normalized spacial score (nSPS) is 13.4. The van der Waals surface area contributed by atoms with Crippen LogP contribution in [0.5, 0.6) is 0 Å². The summed E-state index contributed by atoms with van der Waals surface area (Å²) in [4.78, 5) is 1.34. The molecule has 0 heterocycles. The molecule has 1 heteroatoms. The van der Waals surface area contributed by atoms with Gasteiger partial charge in [-0.3, -0.25) is 0 Å². The maximum Gasteiger partial charge on any atom is 0.00693 e. The van der Waals surface area contributed by atoms with Crippen LogP contribution in [0.15, 0.2) is 41.3 Å². The monoisotopic (exact) mass is 206 g/mol. The van der Waals surface area contributed by atoms with E-state index in [9.17, 15) is 0 Å². The molecular weight excluding hydrogens is 188 g/mol. The van der Waals surface area contributed by atoms with E-state index in [4.69, 9.17) is 0 Å². The standard InChI is InChI=1S/C13H18S/c1-4-5-11(2)10-12-6-8-13(14-3)9-7-12/h4-9,11H,10H2,1-3H3/b5-4-. The van der Waals surface area contributed by atoms with Gasteiger partial charge in [0.25, 0.3) is 0 Å². The van der Waals surface area contributed by atoms with Crippen LogP contribution < -0.4 is 0 Å². The first-order chi connectivity index (χ1) is 6.76. The average molecular weight is 206 g/mol. The molecule has 1 aromatic carbocycles. The lowest BCUT2D eigenvalue weighted by Crippen LogP contribution is -1.95. The number of allylic oxidation sites excluding steroid dienone is 2. The van der Waals surface area contributed by atoms with Crippen LogP contribution in [0.1, 0.15) is 19.4 Å². The van der Waals surface area contributed by atoms with E-state index in [2.05, 4.69) is 56.5 Å². The quantitative estimate of drug-likeness (QED) is 0.526. The number of hydrogen-bond acceptors (Lipinski definition) is 1. The molecule has 0 nitrogen and oxygen atoms in total. The molecule has 0 fully saturated rings. The third-order valence-corrected chi connectivity index (χ3v) is 2.98. The first kappa shape index (κ1) is 11.4. The Morgan fingerprint density at radius 1 is 1.29 bits per heavy atom. The molecule has 0 bridgehead atoms. The predicted octanol–water partition coefficient (Wildman–Crippen LogP) is 4.16. The van der Waals surface area contributed by atoms with E-state index in [-0.39, 0.29) is 0 Å². The summed E-state index contributed by atoms with van der Waals surface area (Å²) in [7, 11) is 0. The largest absolute Gasteiger partial charge is 0.130 e. The fraction of sp³-hybridized carbons (Fsp3) is 0.385. The van der Waals surface area contributed by atoms with Crippen molar-refractivity contribution in [3.05, 3.63) is 42.0 Å². The molecule has 0 spiro atoms. The molecule has 0 N–H and O–H groups in total. The number of thioether (sulfide) groups is 1. The van der Waals surface area contributed by atoms with Crippen molar-refractivity contribution in [2.24, 2.45) is 5.92 Å². The van der Waals surface area contributed by atoms with E-state index >= 15 is 0 Å². The molecule has 1 unspecified atom stereocenters. The van der Waals surface area contributed by atoms with Crippen molar-refractivity contribution in [1.82, 2.24) is 0 Å². The number of hydrogen-bond donors (Lipinski definition) is 0. The van der Waals surface area contributed by atoms with Gasteiger partial charge in [-0.15, -0.1) is 11.8 Å². The van der Waals surface area contributed by atoms with E-state index in [0.29, 0.717) is 5.92 Å². The first-order valence-corrected chi connectivity index (χ1v) is 6.24. The molecular formula is C13H18S. The third kappa shape index (κ3) is 3.59. The van der Waals surface area contributed by atoms with Crippen LogP contribution in [0.2, 0.25) is 0 Å². The van der Waals surface area contributed by atoms with E-state index < -0.39 is 0 Å². The van der Waals surface area contributed by atoms with Crippen LogP contribution in [-0.4, -0.2) is 6.26 Å². The van der Waals surface area contributed by atoms with Gasteiger partial charge in [0, 0.05) is 4.90 Å². The molecule has 1 rings (SSSR count). The summed E-state index contributed by atoms with van der Waals surface area (Å²) in [6, 6.07) is 8.85. The molecule has 0 saturated heterocycles. The van der Waals surface area contributed by atoms with Crippen LogP contribution in [0, 0.1) is 5.92 Å². The second kappa shape index (κ2) is 5.92. The highest BCUT2D eigenvalue weighted by atomic mass is 32.2. The second-order valence-electron chi connectivity index (χ2n) is 3.56. The minimum atomic E-state index is 0.639. The van der Waals surface area contributed by atoms with Crippen molar-refractivity contribution in [1.29, 1.82) is 0 Å². The lowest BCUT2D eigenvalue weighted by Gasteiger charge is -2.06. The highest BCUT2D eigenvalue weighted by Crippen LogP contribution is 2.17. The SMILES string of the molecule is C/C=C\C(C)Cc1ccc(SC)cc1. The molecule has 0 aromatic heterocycles. The Labute approximate surface area is 91.4 Å². The smallest absolute Gasteiger partial charge is 0.00693 e. The second-order valence-corrected chi connectivity index (χ2v) is 4.43. The zero-order chi connectivity index (χ0) is 10.4. The molecule has 0 aliphatic carbocycles. The summed E-state index contributed by atoms with van der Waals surface area (Å²) in [5, 5.41) is 0. The van der Waals surface area contributed by atoms with E-state index in [1.165, 1.54) is 10.5 Å². The van der Waals surface area contributed by atoms with Crippen LogP contribution in [0.3, 0.4) is 0 Å². The molecule has 0 amide bonds. The number of rotatable bonds is 4. The number of benzene rings is 1. The predicted molar refractivity (Wildman–Crippen MR) is 65.9 cm³/mol. The molecule has 76 valence electrons. The minimum Gasteiger partial charge on any atom is -0.130 e. The van der Waals surface area contributed by atoms with E-state index in [1.54, 1.807) is 11.8 Å². The molecule has 0 aliphatic rings. The summed E-state index contributed by atoms with van der Waals surface area (Å²) in [6.45, 7) is 4.33. The summed E-state index contributed by atoms with van der Waals surface area (Å²) in [6.07, 6.45) is 7.62. The zero-order valence-corrected chi connectivity index (χ0v) is 9.97. The van der Waals surface area contributed by atoms with Crippen molar-refractivity contribution in [2.45, 2.75) is 25.2 Å². The Hall–Kier alpha value is -0.690. The molecule has 0 saturated carbocycles. The van der Waals surface area contributed by atoms with Crippen molar-refractivity contribution in [3.63, 3.8) is 0 Å². The fourth-order valence-corrected chi connectivity index (χ4v) is 1.94. The summed E-state index contributed by atoms with van der Waals surface area (Å²) >= 11 is 1.79. The van der Waals surface area contributed by atoms with Gasteiger partial charge in [-0.2, -0.15) is 0 Å². The van der Waals surface area contributed by atoms with Crippen molar-refractivity contribution >= 4 is 11.8 Å². The summed E-state index contributed by atoms with van der Waals surface area (Å²) in [5.41, 5.74) is 1.42. The van der Waals surface area contributed by atoms with Crippen molar-refractivity contribution < 1.29 is 0 Å². The first-order valence-electron chi connectivity index (χ1n) is 5.02. The minimum absolute atomic E-state index is 0.639. The molecule has 1 aromatic rings. The van der Waals surface area contributed by atoms with Gasteiger partial charge in [0.15, 0.2) is 0 Å². The maximum atomic E-state index is 2.25. The maximum absolute atomic E-state index is 2.25. The third-order valence-electron chi connectivity index (χ3n) is 2.24. The van der Waals surface area contributed by atoms with Crippen LogP contribution in [0.4, 0.5) is 0 Å². The van der Waals surface area contributed by atoms with E-state index in [0.717, 1.165) is 6.42 Å². The van der Waals surface area contributed by atoms with Gasteiger partial charge in [-0.25, -0.2) is 0 Å². The van der Waals surface area contributed by atoms with Gasteiger partial charge >= 0.3 is 0 Å². The lowest BCUT2D eigenvalue weighted by molar-refractivity contribution is 0.722. The average Bonchev–Trinajstić information content (AvgIpc) is 2.19. The zero-order valence-electron chi connectivity index (χ0n) is 9.16. The summed E-state index contributed by atoms with van der Waals surface area (Å²) in [5.74, 6) is 0.639. The van der Waals surface area contributed by atoms with Gasteiger partial charge < -0.3 is 0 Å². The molecule has 0 aliphatic heterocycles. The van der Waals surface area contributed by atoms with Crippen LogP contribution in [0.25, 0.3) is 0 Å². The van der Waals surface area contributed by atoms with Gasteiger partial charge in [0.2, 0.25) is 0 Å². The Morgan fingerprint density at radius 3 is 2.43 bits per heavy atom. The molecule has 14 heavy (non-hydrogen) atoms. The van der Waals surface area contributed by atoms with Gasteiger partial charge in [0.05, 0.1) is 0 Å². The van der Waals surface area contributed by atoms with Gasteiger partial charge in [0.1, 0.15) is 0 Å². The fourth-order valence-electron chi connectivity index (χ4n) is 1.53. The Bertz CT molecular complexity index is 285. The highest BCUT2D eigenvalue weighted by Gasteiger charge is 1.99. The Kier molecular flexibility index (Phi) is 4.81.